The summed E-state index contributed by atoms with van der Waals surface area (Å²) in [6, 6.07) is 6.75. The van der Waals surface area contributed by atoms with Gasteiger partial charge in [0.05, 0.1) is 25.0 Å². The Morgan fingerprint density at radius 3 is 1.83 bits per heavy atom. The Hall–Kier alpha value is -3.20. The van der Waals surface area contributed by atoms with Crippen molar-refractivity contribution in [1.29, 1.82) is 0 Å². The van der Waals surface area contributed by atoms with E-state index in [1.165, 1.54) is 25.0 Å². The topological polar surface area (TPSA) is 118 Å². The number of ether oxygens (including phenoxy) is 1. The molecule has 2 rings (SSSR count). The van der Waals surface area contributed by atoms with Crippen molar-refractivity contribution in [2.45, 2.75) is 0 Å². The maximum absolute atomic E-state index is 11.4. The van der Waals surface area contributed by atoms with Gasteiger partial charge in [-0.25, -0.2) is 10.9 Å². The van der Waals surface area contributed by atoms with Crippen molar-refractivity contribution in [3.8, 4) is 0 Å². The number of hydrogen-bond acceptors (Lipinski definition) is 7. The van der Waals surface area contributed by atoms with E-state index in [9.17, 15) is 9.59 Å². The Morgan fingerprint density at radius 1 is 0.957 bits per heavy atom. The Morgan fingerprint density at radius 2 is 1.43 bits per heavy atom. The highest BCUT2D eigenvalue weighted by Gasteiger charge is 2.03. The van der Waals surface area contributed by atoms with Crippen molar-refractivity contribution in [3.63, 3.8) is 0 Å². The zero-order valence-electron chi connectivity index (χ0n) is 12.0. The van der Waals surface area contributed by atoms with Gasteiger partial charge in [-0.1, -0.05) is 0 Å². The molecule has 0 aliphatic rings. The van der Waals surface area contributed by atoms with Crippen LogP contribution in [0, 0.1) is 0 Å². The Balaban J connectivity index is 1.56. The molecule has 0 bridgehead atoms. The molecule has 0 saturated carbocycles. The van der Waals surface area contributed by atoms with E-state index in [0.717, 1.165) is 0 Å². The first-order valence-electron chi connectivity index (χ1n) is 6.52. The summed E-state index contributed by atoms with van der Waals surface area (Å²) in [5, 5.41) is 7.31. The van der Waals surface area contributed by atoms with E-state index in [2.05, 4.69) is 21.1 Å². The Kier molecular flexibility index (Phi) is 6.29. The fourth-order valence-corrected chi connectivity index (χ4v) is 1.37. The smallest absolute Gasteiger partial charge is 0.266 e. The summed E-state index contributed by atoms with van der Waals surface area (Å²) < 4.78 is 14.9. The first-order chi connectivity index (χ1) is 11.2. The number of carbonyl (C=O) groups excluding carboxylic acids is 2. The van der Waals surface area contributed by atoms with Crippen LogP contribution in [-0.2, 0) is 14.3 Å². The van der Waals surface area contributed by atoms with Crippen molar-refractivity contribution in [1.82, 2.24) is 10.9 Å². The first kappa shape index (κ1) is 16.2. The maximum atomic E-state index is 11.4. The maximum Gasteiger partial charge on any atom is 0.266 e. The minimum absolute atomic E-state index is 0.315. The molecule has 0 unspecified atom stereocenters. The van der Waals surface area contributed by atoms with Gasteiger partial charge in [-0.3, -0.25) is 9.59 Å². The Bertz CT molecular complexity index is 603. The molecule has 0 fully saturated rings. The number of furan rings is 2. The molecule has 23 heavy (non-hydrogen) atoms. The number of amides is 2. The van der Waals surface area contributed by atoms with E-state index in [1.807, 2.05) is 0 Å². The predicted octanol–water partition coefficient (Wildman–Crippen LogP) is 0.490. The average Bonchev–Trinajstić information content (AvgIpc) is 3.20. The molecule has 0 saturated heterocycles. The van der Waals surface area contributed by atoms with Crippen molar-refractivity contribution in [2.75, 3.05) is 13.2 Å². The van der Waals surface area contributed by atoms with Crippen LogP contribution in [0.3, 0.4) is 0 Å². The second kappa shape index (κ2) is 8.95. The van der Waals surface area contributed by atoms with Crippen LogP contribution in [0.15, 0.2) is 55.8 Å². The molecule has 0 spiro atoms. The van der Waals surface area contributed by atoms with Crippen LogP contribution in [-0.4, -0.2) is 37.5 Å². The summed E-state index contributed by atoms with van der Waals surface area (Å²) in [6.45, 7) is -0.629. The fraction of sp³-hybridized carbons (Fsp3) is 0.143. The highest BCUT2D eigenvalue weighted by molar-refractivity contribution is 5.82. The van der Waals surface area contributed by atoms with Crippen molar-refractivity contribution in [3.05, 3.63) is 48.3 Å². The monoisotopic (exact) mass is 318 g/mol. The number of hydrogen-bond donors (Lipinski definition) is 2. The van der Waals surface area contributed by atoms with Crippen LogP contribution < -0.4 is 10.9 Å². The summed E-state index contributed by atoms with van der Waals surface area (Å²) in [5.74, 6) is -0.000541. The minimum Gasteiger partial charge on any atom is -0.463 e. The SMILES string of the molecule is O=C(COCC(=O)NN=Cc1ccco1)NN=Cc1ccco1. The van der Waals surface area contributed by atoms with Crippen molar-refractivity contribution < 1.29 is 23.2 Å². The van der Waals surface area contributed by atoms with E-state index in [1.54, 1.807) is 24.3 Å². The third-order valence-electron chi connectivity index (χ3n) is 2.31. The molecule has 2 heterocycles. The second-order valence-corrected chi connectivity index (χ2v) is 4.11. The number of nitrogens with zero attached hydrogens (tertiary/aromatic N) is 2. The van der Waals surface area contributed by atoms with Gasteiger partial charge in [0.15, 0.2) is 0 Å². The quantitative estimate of drug-likeness (QED) is 0.542. The average molecular weight is 318 g/mol. The third kappa shape index (κ3) is 6.40. The molecule has 2 aromatic heterocycles. The zero-order valence-corrected chi connectivity index (χ0v) is 12.0. The van der Waals surface area contributed by atoms with E-state index in [-0.39, 0.29) is 13.2 Å². The normalized spacial score (nSPS) is 11.1. The first-order valence-corrected chi connectivity index (χ1v) is 6.52. The van der Waals surface area contributed by atoms with Gasteiger partial charge in [0, 0.05) is 0 Å². The summed E-state index contributed by atoms with van der Waals surface area (Å²) >= 11 is 0. The van der Waals surface area contributed by atoms with Crippen molar-refractivity contribution >= 4 is 24.2 Å². The van der Waals surface area contributed by atoms with Gasteiger partial charge in [0.25, 0.3) is 11.8 Å². The predicted molar refractivity (Wildman–Crippen MR) is 79.7 cm³/mol. The Labute approximate surface area is 131 Å². The highest BCUT2D eigenvalue weighted by atomic mass is 16.5. The number of rotatable bonds is 8. The molecule has 120 valence electrons. The van der Waals surface area contributed by atoms with Gasteiger partial charge in [-0.05, 0) is 24.3 Å². The molecule has 0 aromatic carbocycles. The standard InChI is InChI=1S/C14H14N4O5/c19-13(17-15-7-11-3-1-5-22-11)9-21-10-14(20)18-16-8-12-4-2-6-23-12/h1-8H,9-10H2,(H,17,19)(H,18,20). The molecule has 2 amide bonds. The minimum atomic E-state index is -0.500. The lowest BCUT2D eigenvalue weighted by Gasteiger charge is -2.01. The highest BCUT2D eigenvalue weighted by Crippen LogP contribution is 1.95. The van der Waals surface area contributed by atoms with Crippen LogP contribution in [0.5, 0.6) is 0 Å². The van der Waals surface area contributed by atoms with E-state index in [0.29, 0.717) is 11.5 Å². The summed E-state index contributed by atoms with van der Waals surface area (Å²) in [6.07, 6.45) is 5.65. The lowest BCUT2D eigenvalue weighted by molar-refractivity contribution is -0.130. The molecule has 0 aliphatic carbocycles. The molecular formula is C14H14N4O5. The lowest BCUT2D eigenvalue weighted by Crippen LogP contribution is -2.28. The molecule has 2 N–H and O–H groups in total. The molecule has 0 atom stereocenters. The summed E-state index contributed by atoms with van der Waals surface area (Å²) in [5.41, 5.74) is 4.46. The largest absolute Gasteiger partial charge is 0.463 e. The molecular weight excluding hydrogens is 304 g/mol. The van der Waals surface area contributed by atoms with Gasteiger partial charge in [0.1, 0.15) is 24.7 Å². The molecule has 0 aliphatic heterocycles. The van der Waals surface area contributed by atoms with E-state index < -0.39 is 11.8 Å². The van der Waals surface area contributed by atoms with Gasteiger partial charge >= 0.3 is 0 Å². The number of hydrazone groups is 2. The van der Waals surface area contributed by atoms with Crippen LogP contribution >= 0.6 is 0 Å². The van der Waals surface area contributed by atoms with Crippen molar-refractivity contribution in [2.24, 2.45) is 10.2 Å². The molecule has 9 nitrogen and oxygen atoms in total. The van der Waals surface area contributed by atoms with Crippen LogP contribution in [0.2, 0.25) is 0 Å². The second-order valence-electron chi connectivity index (χ2n) is 4.11. The third-order valence-corrected chi connectivity index (χ3v) is 2.31. The van der Waals surface area contributed by atoms with E-state index >= 15 is 0 Å². The van der Waals surface area contributed by atoms with Gasteiger partial charge in [-0.15, -0.1) is 0 Å². The summed E-state index contributed by atoms with van der Waals surface area (Å²) in [4.78, 5) is 22.7. The zero-order chi connectivity index (χ0) is 16.3. The van der Waals surface area contributed by atoms with Gasteiger partial charge < -0.3 is 13.6 Å². The fourth-order valence-electron chi connectivity index (χ4n) is 1.37. The lowest BCUT2D eigenvalue weighted by atomic mass is 10.5. The van der Waals surface area contributed by atoms with Gasteiger partial charge in [-0.2, -0.15) is 10.2 Å². The molecule has 2 aromatic rings. The molecule has 0 radical (unpaired) electrons. The van der Waals surface area contributed by atoms with Crippen LogP contribution in [0.4, 0.5) is 0 Å². The molecule has 9 heteroatoms. The van der Waals surface area contributed by atoms with E-state index in [4.69, 9.17) is 13.6 Å². The van der Waals surface area contributed by atoms with Crippen LogP contribution in [0.25, 0.3) is 0 Å². The number of carbonyl (C=O) groups is 2. The van der Waals surface area contributed by atoms with Gasteiger partial charge in [0.2, 0.25) is 0 Å². The summed E-state index contributed by atoms with van der Waals surface area (Å²) in [7, 11) is 0. The number of nitrogens with one attached hydrogen (secondary N) is 2. The van der Waals surface area contributed by atoms with Crippen LogP contribution in [0.1, 0.15) is 11.5 Å².